The van der Waals surface area contributed by atoms with Gasteiger partial charge in [-0.05, 0) is 43.4 Å². The Morgan fingerprint density at radius 2 is 2.00 bits per heavy atom. The first kappa shape index (κ1) is 13.0. The number of hydrogen-bond acceptors (Lipinski definition) is 2. The molecular formula is C13H27NO. The molecule has 1 rings (SSSR count). The lowest BCUT2D eigenvalue weighted by Crippen LogP contribution is -2.39. The van der Waals surface area contributed by atoms with E-state index in [1.807, 2.05) is 0 Å². The van der Waals surface area contributed by atoms with Gasteiger partial charge in [0, 0.05) is 19.2 Å². The third-order valence-electron chi connectivity index (χ3n) is 3.98. The second-order valence-corrected chi connectivity index (χ2v) is 6.25. The lowest BCUT2D eigenvalue weighted by atomic mass is 9.87. The highest BCUT2D eigenvalue weighted by Crippen LogP contribution is 2.48. The van der Waals surface area contributed by atoms with E-state index in [0.717, 1.165) is 19.4 Å². The van der Waals surface area contributed by atoms with Crippen molar-refractivity contribution in [3.63, 3.8) is 0 Å². The van der Waals surface area contributed by atoms with Crippen LogP contribution in [0.3, 0.4) is 0 Å². The van der Waals surface area contributed by atoms with Gasteiger partial charge in [0.05, 0.1) is 0 Å². The molecule has 1 saturated carbocycles. The molecule has 2 heteroatoms. The maximum Gasteiger partial charge on any atom is 0.0431 e. The summed E-state index contributed by atoms with van der Waals surface area (Å²) >= 11 is 0. The zero-order valence-corrected chi connectivity index (χ0v) is 10.8. The van der Waals surface area contributed by atoms with Gasteiger partial charge < -0.3 is 10.4 Å². The molecule has 90 valence electrons. The van der Waals surface area contributed by atoms with Crippen LogP contribution in [0.2, 0.25) is 0 Å². The summed E-state index contributed by atoms with van der Waals surface area (Å²) in [5.41, 5.74) is 0.870. The van der Waals surface area contributed by atoms with Crippen molar-refractivity contribution in [2.24, 2.45) is 10.8 Å². The van der Waals surface area contributed by atoms with Crippen LogP contribution in [0.1, 0.15) is 53.4 Å². The Balaban J connectivity index is 2.22. The number of aliphatic hydroxyl groups is 1. The maximum absolute atomic E-state index is 8.83. The molecule has 1 unspecified atom stereocenters. The predicted molar refractivity (Wildman–Crippen MR) is 64.9 cm³/mol. The van der Waals surface area contributed by atoms with Crippen LogP contribution in [-0.2, 0) is 0 Å². The molecule has 0 aromatic heterocycles. The van der Waals surface area contributed by atoms with Crippen molar-refractivity contribution in [1.82, 2.24) is 5.32 Å². The van der Waals surface area contributed by atoms with Gasteiger partial charge in [-0.3, -0.25) is 0 Å². The molecule has 0 radical (unpaired) electrons. The van der Waals surface area contributed by atoms with Gasteiger partial charge >= 0.3 is 0 Å². The van der Waals surface area contributed by atoms with E-state index in [-0.39, 0.29) is 0 Å². The lowest BCUT2D eigenvalue weighted by Gasteiger charge is -2.29. The zero-order valence-electron chi connectivity index (χ0n) is 10.8. The van der Waals surface area contributed by atoms with Gasteiger partial charge in [-0.25, -0.2) is 0 Å². The van der Waals surface area contributed by atoms with Crippen LogP contribution in [0, 0.1) is 10.8 Å². The standard InChI is InChI=1S/C13H27NO/c1-11(13(4)7-8-13)14-10-12(2,3)6-5-9-15/h11,14-15H,5-10H2,1-4H3. The summed E-state index contributed by atoms with van der Waals surface area (Å²) in [6.07, 6.45) is 4.76. The number of hydrogen-bond donors (Lipinski definition) is 2. The number of rotatable bonds is 7. The Morgan fingerprint density at radius 1 is 1.40 bits per heavy atom. The smallest absolute Gasteiger partial charge is 0.0431 e. The fourth-order valence-electron chi connectivity index (χ4n) is 1.95. The van der Waals surface area contributed by atoms with Crippen LogP contribution in [0.25, 0.3) is 0 Å². The predicted octanol–water partition coefficient (Wildman–Crippen LogP) is 2.56. The molecule has 0 heterocycles. The van der Waals surface area contributed by atoms with Gasteiger partial charge in [0.2, 0.25) is 0 Å². The first-order chi connectivity index (χ1) is 6.90. The average Bonchev–Trinajstić information content (AvgIpc) is 2.91. The molecule has 0 aromatic carbocycles. The molecule has 0 aromatic rings. The van der Waals surface area contributed by atoms with E-state index in [0.29, 0.717) is 23.5 Å². The molecule has 15 heavy (non-hydrogen) atoms. The Labute approximate surface area is 94.5 Å². The molecule has 0 amide bonds. The molecule has 0 saturated heterocycles. The van der Waals surface area contributed by atoms with E-state index < -0.39 is 0 Å². The van der Waals surface area contributed by atoms with Crippen LogP contribution in [-0.4, -0.2) is 24.3 Å². The molecule has 0 spiro atoms. The Kier molecular flexibility index (Phi) is 4.19. The van der Waals surface area contributed by atoms with Crippen LogP contribution < -0.4 is 5.32 Å². The SMILES string of the molecule is CC(NCC(C)(C)CCCO)C1(C)CC1. The number of aliphatic hydroxyl groups excluding tert-OH is 1. The van der Waals surface area contributed by atoms with Crippen LogP contribution in [0.5, 0.6) is 0 Å². The second-order valence-electron chi connectivity index (χ2n) is 6.25. The largest absolute Gasteiger partial charge is 0.396 e. The third-order valence-corrected chi connectivity index (χ3v) is 3.98. The van der Waals surface area contributed by atoms with E-state index >= 15 is 0 Å². The maximum atomic E-state index is 8.83. The van der Waals surface area contributed by atoms with Gasteiger partial charge in [0.15, 0.2) is 0 Å². The molecule has 2 nitrogen and oxygen atoms in total. The van der Waals surface area contributed by atoms with Crippen molar-refractivity contribution >= 4 is 0 Å². The number of nitrogens with one attached hydrogen (secondary N) is 1. The monoisotopic (exact) mass is 213 g/mol. The van der Waals surface area contributed by atoms with Crippen molar-refractivity contribution in [3.8, 4) is 0 Å². The fraction of sp³-hybridized carbons (Fsp3) is 1.00. The molecule has 1 aliphatic rings. The van der Waals surface area contributed by atoms with Gasteiger partial charge in [0.1, 0.15) is 0 Å². The molecule has 1 aliphatic carbocycles. The molecule has 1 fully saturated rings. The first-order valence-corrected chi connectivity index (χ1v) is 6.24. The minimum Gasteiger partial charge on any atom is -0.396 e. The minimum absolute atomic E-state index is 0.308. The van der Waals surface area contributed by atoms with Crippen LogP contribution in [0.4, 0.5) is 0 Å². The van der Waals surface area contributed by atoms with Gasteiger partial charge in [-0.1, -0.05) is 20.8 Å². The topological polar surface area (TPSA) is 32.3 Å². The Morgan fingerprint density at radius 3 is 2.47 bits per heavy atom. The molecule has 1 atom stereocenters. The molecule has 0 bridgehead atoms. The summed E-state index contributed by atoms with van der Waals surface area (Å²) in [4.78, 5) is 0. The summed E-state index contributed by atoms with van der Waals surface area (Å²) in [6, 6.07) is 0.630. The Bertz CT molecular complexity index is 197. The minimum atomic E-state index is 0.308. The highest BCUT2D eigenvalue weighted by atomic mass is 16.2. The van der Waals surface area contributed by atoms with Gasteiger partial charge in [-0.15, -0.1) is 0 Å². The molecular weight excluding hydrogens is 186 g/mol. The average molecular weight is 213 g/mol. The second kappa shape index (κ2) is 4.84. The van der Waals surface area contributed by atoms with Crippen molar-refractivity contribution in [1.29, 1.82) is 0 Å². The van der Waals surface area contributed by atoms with E-state index in [2.05, 4.69) is 33.0 Å². The summed E-state index contributed by atoms with van der Waals surface area (Å²) in [5.74, 6) is 0. The summed E-state index contributed by atoms with van der Waals surface area (Å²) in [5, 5.41) is 12.5. The van der Waals surface area contributed by atoms with E-state index in [9.17, 15) is 0 Å². The normalized spacial score (nSPS) is 21.4. The van der Waals surface area contributed by atoms with E-state index in [1.54, 1.807) is 0 Å². The van der Waals surface area contributed by atoms with Crippen molar-refractivity contribution in [2.45, 2.75) is 59.4 Å². The highest BCUT2D eigenvalue weighted by Gasteiger charge is 2.42. The fourth-order valence-corrected chi connectivity index (χ4v) is 1.95. The van der Waals surface area contributed by atoms with Crippen molar-refractivity contribution < 1.29 is 5.11 Å². The highest BCUT2D eigenvalue weighted by molar-refractivity contribution is 4.97. The quantitative estimate of drug-likeness (QED) is 0.681. The van der Waals surface area contributed by atoms with Crippen molar-refractivity contribution in [2.75, 3.05) is 13.2 Å². The van der Waals surface area contributed by atoms with Gasteiger partial charge in [-0.2, -0.15) is 0 Å². The third kappa shape index (κ3) is 4.12. The summed E-state index contributed by atoms with van der Waals surface area (Å²) in [7, 11) is 0. The summed E-state index contributed by atoms with van der Waals surface area (Å²) in [6.45, 7) is 10.6. The van der Waals surface area contributed by atoms with Crippen molar-refractivity contribution in [3.05, 3.63) is 0 Å². The lowest BCUT2D eigenvalue weighted by molar-refractivity contribution is 0.225. The first-order valence-electron chi connectivity index (χ1n) is 6.24. The van der Waals surface area contributed by atoms with Crippen LogP contribution >= 0.6 is 0 Å². The van der Waals surface area contributed by atoms with E-state index in [4.69, 9.17) is 5.11 Å². The summed E-state index contributed by atoms with van der Waals surface area (Å²) < 4.78 is 0. The molecule has 0 aliphatic heterocycles. The van der Waals surface area contributed by atoms with Crippen LogP contribution in [0.15, 0.2) is 0 Å². The van der Waals surface area contributed by atoms with Gasteiger partial charge in [0.25, 0.3) is 0 Å². The Hall–Kier alpha value is -0.0800. The zero-order chi connectivity index (χ0) is 11.5. The van der Waals surface area contributed by atoms with E-state index in [1.165, 1.54) is 12.8 Å². The molecule has 2 N–H and O–H groups in total.